The van der Waals surface area contributed by atoms with Crippen molar-refractivity contribution in [1.29, 1.82) is 0 Å². The summed E-state index contributed by atoms with van der Waals surface area (Å²) in [5.74, 6) is -0.598. The van der Waals surface area contributed by atoms with Crippen LogP contribution >= 0.6 is 0 Å². The number of aromatic nitrogens is 1. The summed E-state index contributed by atoms with van der Waals surface area (Å²) in [4.78, 5) is 11.9. The van der Waals surface area contributed by atoms with Crippen LogP contribution in [0.1, 0.15) is 36.2 Å². The minimum absolute atomic E-state index is 0.0519. The summed E-state index contributed by atoms with van der Waals surface area (Å²) in [5.41, 5.74) is -0.971. The summed E-state index contributed by atoms with van der Waals surface area (Å²) in [6, 6.07) is 2.73. The number of alkyl halides is 3. The summed E-state index contributed by atoms with van der Waals surface area (Å²) < 4.78 is 37.9. The molecule has 1 saturated carbocycles. The molecule has 1 fully saturated rings. The van der Waals surface area contributed by atoms with Crippen LogP contribution in [0, 0.1) is 0 Å². The van der Waals surface area contributed by atoms with Gasteiger partial charge >= 0.3 is 6.18 Å². The van der Waals surface area contributed by atoms with Crippen molar-refractivity contribution in [1.82, 2.24) is 9.88 Å². The first kappa shape index (κ1) is 14.9. The van der Waals surface area contributed by atoms with E-state index in [1.54, 1.807) is 0 Å². The Balaban J connectivity index is 1.97. The van der Waals surface area contributed by atoms with E-state index in [1.807, 2.05) is 0 Å². The molecule has 1 amide bonds. The molecule has 7 heteroatoms. The molecule has 0 saturated heterocycles. The molecule has 1 heterocycles. The van der Waals surface area contributed by atoms with Crippen molar-refractivity contribution in [3.63, 3.8) is 0 Å². The van der Waals surface area contributed by atoms with E-state index in [-0.39, 0.29) is 12.2 Å². The number of carbonyl (C=O) groups is 1. The molecular formula is C13H17F3N2O2. The quantitative estimate of drug-likeness (QED) is 0.892. The highest BCUT2D eigenvalue weighted by Crippen LogP contribution is 2.28. The van der Waals surface area contributed by atoms with Crippen LogP contribution in [0.25, 0.3) is 0 Å². The largest absolute Gasteiger partial charge is 0.406 e. The molecule has 112 valence electrons. The van der Waals surface area contributed by atoms with Crippen LogP contribution in [0.2, 0.25) is 0 Å². The number of carbonyl (C=O) groups excluding carboxylic acids is 1. The Morgan fingerprint density at radius 3 is 2.65 bits per heavy atom. The van der Waals surface area contributed by atoms with Crippen LogP contribution in [0.5, 0.6) is 0 Å². The Morgan fingerprint density at radius 2 is 2.05 bits per heavy atom. The summed E-state index contributed by atoms with van der Waals surface area (Å²) in [6.45, 7) is -1.13. The first-order chi connectivity index (χ1) is 9.29. The van der Waals surface area contributed by atoms with Crippen LogP contribution < -0.4 is 5.32 Å². The molecule has 1 aliphatic rings. The number of amides is 1. The molecule has 0 spiro atoms. The third-order valence-corrected chi connectivity index (χ3v) is 3.52. The number of nitrogens with one attached hydrogen (secondary N) is 1. The van der Waals surface area contributed by atoms with Crippen molar-refractivity contribution in [3.8, 4) is 0 Å². The summed E-state index contributed by atoms with van der Waals surface area (Å²) in [5, 5.41) is 12.6. The Hall–Kier alpha value is -1.50. The van der Waals surface area contributed by atoms with Gasteiger partial charge in [-0.15, -0.1) is 0 Å². The fourth-order valence-corrected chi connectivity index (χ4v) is 2.50. The lowest BCUT2D eigenvalue weighted by Crippen LogP contribution is -2.41. The van der Waals surface area contributed by atoms with Crippen LogP contribution in [0.3, 0.4) is 0 Å². The van der Waals surface area contributed by atoms with Gasteiger partial charge in [-0.05, 0) is 25.0 Å². The Bertz CT molecular complexity index is 476. The number of aliphatic hydroxyl groups is 1. The second-order valence-corrected chi connectivity index (χ2v) is 5.25. The third kappa shape index (κ3) is 3.75. The van der Waals surface area contributed by atoms with Gasteiger partial charge in [0.1, 0.15) is 12.2 Å². The number of rotatable bonds is 4. The number of hydrogen-bond donors (Lipinski definition) is 2. The van der Waals surface area contributed by atoms with Gasteiger partial charge in [0, 0.05) is 12.7 Å². The summed E-state index contributed by atoms with van der Waals surface area (Å²) in [7, 11) is 0. The lowest BCUT2D eigenvalue weighted by molar-refractivity contribution is -0.140. The number of hydrogen-bond acceptors (Lipinski definition) is 2. The average Bonchev–Trinajstić information content (AvgIpc) is 2.94. The molecule has 1 aromatic heterocycles. The van der Waals surface area contributed by atoms with E-state index in [0.29, 0.717) is 12.8 Å². The predicted molar refractivity (Wildman–Crippen MR) is 66.2 cm³/mol. The fourth-order valence-electron chi connectivity index (χ4n) is 2.50. The second kappa shape index (κ2) is 5.47. The number of halogens is 3. The molecule has 0 bridgehead atoms. The molecule has 0 aromatic carbocycles. The maximum absolute atomic E-state index is 12.4. The van der Waals surface area contributed by atoms with Crippen molar-refractivity contribution in [3.05, 3.63) is 24.0 Å². The highest BCUT2D eigenvalue weighted by molar-refractivity contribution is 5.92. The molecule has 1 aromatic rings. The van der Waals surface area contributed by atoms with Gasteiger partial charge in [-0.25, -0.2) is 0 Å². The molecule has 2 rings (SSSR count). The summed E-state index contributed by atoms with van der Waals surface area (Å²) >= 11 is 0. The van der Waals surface area contributed by atoms with Crippen molar-refractivity contribution >= 4 is 5.91 Å². The zero-order valence-electron chi connectivity index (χ0n) is 10.9. The third-order valence-electron chi connectivity index (χ3n) is 3.52. The lowest BCUT2D eigenvalue weighted by Gasteiger charge is -2.22. The molecule has 4 nitrogen and oxygen atoms in total. The Labute approximate surface area is 114 Å². The first-order valence-electron chi connectivity index (χ1n) is 6.52. The standard InChI is InChI=1S/C13H17F3N2O2/c14-13(15,16)9-18-7-3-4-10(18)11(19)17-8-12(20)5-1-2-6-12/h3-4,7,20H,1-2,5-6,8-9H2,(H,17,19). The normalized spacial score (nSPS) is 18.2. The smallest absolute Gasteiger partial charge is 0.388 e. The van der Waals surface area contributed by atoms with Crippen molar-refractivity contribution in [2.45, 2.75) is 44.0 Å². The van der Waals surface area contributed by atoms with E-state index in [9.17, 15) is 23.1 Å². The van der Waals surface area contributed by atoms with E-state index in [0.717, 1.165) is 17.4 Å². The highest BCUT2D eigenvalue weighted by Gasteiger charge is 2.32. The van der Waals surface area contributed by atoms with Gasteiger partial charge in [0.05, 0.1) is 5.60 Å². The minimum Gasteiger partial charge on any atom is -0.388 e. The molecule has 0 aliphatic heterocycles. The van der Waals surface area contributed by atoms with Crippen LogP contribution in [0.15, 0.2) is 18.3 Å². The maximum Gasteiger partial charge on any atom is 0.406 e. The van der Waals surface area contributed by atoms with Gasteiger partial charge in [-0.2, -0.15) is 13.2 Å². The topological polar surface area (TPSA) is 54.3 Å². The van der Waals surface area contributed by atoms with E-state index >= 15 is 0 Å². The maximum atomic E-state index is 12.4. The molecule has 2 N–H and O–H groups in total. The molecule has 0 atom stereocenters. The van der Waals surface area contributed by atoms with Gasteiger partial charge in [-0.1, -0.05) is 12.8 Å². The average molecular weight is 290 g/mol. The number of nitrogens with zero attached hydrogens (tertiary/aromatic N) is 1. The molecule has 1 aliphatic carbocycles. The van der Waals surface area contributed by atoms with Crippen molar-refractivity contribution in [2.75, 3.05) is 6.54 Å². The van der Waals surface area contributed by atoms with Gasteiger partial charge in [-0.3, -0.25) is 4.79 Å². The Morgan fingerprint density at radius 1 is 1.40 bits per heavy atom. The van der Waals surface area contributed by atoms with E-state index in [1.165, 1.54) is 18.3 Å². The zero-order chi connectivity index (χ0) is 14.8. The van der Waals surface area contributed by atoms with Crippen LogP contribution in [-0.4, -0.2) is 33.9 Å². The second-order valence-electron chi connectivity index (χ2n) is 5.25. The molecule has 0 radical (unpaired) electrons. The minimum atomic E-state index is -4.38. The van der Waals surface area contributed by atoms with Crippen LogP contribution in [-0.2, 0) is 6.54 Å². The monoisotopic (exact) mass is 290 g/mol. The van der Waals surface area contributed by atoms with Gasteiger partial charge in [0.15, 0.2) is 0 Å². The predicted octanol–water partition coefficient (Wildman–Crippen LogP) is 2.09. The van der Waals surface area contributed by atoms with Gasteiger partial charge < -0.3 is 15.0 Å². The summed E-state index contributed by atoms with van der Waals surface area (Å²) in [6.07, 6.45) is -0.147. The van der Waals surface area contributed by atoms with Gasteiger partial charge in [0.2, 0.25) is 0 Å². The Kier molecular flexibility index (Phi) is 4.08. The molecular weight excluding hydrogens is 273 g/mol. The highest BCUT2D eigenvalue weighted by atomic mass is 19.4. The SMILES string of the molecule is O=C(NCC1(O)CCCC1)c1cccn1CC(F)(F)F. The lowest BCUT2D eigenvalue weighted by atomic mass is 10.0. The van der Waals surface area contributed by atoms with Crippen LogP contribution in [0.4, 0.5) is 13.2 Å². The molecule has 20 heavy (non-hydrogen) atoms. The first-order valence-corrected chi connectivity index (χ1v) is 6.52. The zero-order valence-corrected chi connectivity index (χ0v) is 10.9. The van der Waals surface area contributed by atoms with E-state index < -0.39 is 24.2 Å². The van der Waals surface area contributed by atoms with E-state index in [2.05, 4.69) is 5.32 Å². The fraction of sp³-hybridized carbons (Fsp3) is 0.615. The van der Waals surface area contributed by atoms with E-state index in [4.69, 9.17) is 0 Å². The van der Waals surface area contributed by atoms with Gasteiger partial charge in [0.25, 0.3) is 5.91 Å². The van der Waals surface area contributed by atoms with Crippen molar-refractivity contribution < 1.29 is 23.1 Å². The molecule has 0 unspecified atom stereocenters. The van der Waals surface area contributed by atoms with Crippen molar-refractivity contribution in [2.24, 2.45) is 0 Å².